The first-order valence-electron chi connectivity index (χ1n) is 18.6. The van der Waals surface area contributed by atoms with Gasteiger partial charge in [0.05, 0.1) is 6.04 Å². The van der Waals surface area contributed by atoms with Crippen LogP contribution in [0.25, 0.3) is 22.4 Å². The Morgan fingerprint density at radius 2 is 1.51 bits per heavy atom. The molecule has 4 N–H and O–H groups in total. The van der Waals surface area contributed by atoms with Gasteiger partial charge in [0.1, 0.15) is 29.4 Å². The topological polar surface area (TPSA) is 142 Å². The number of aromatic nitrogens is 1. The molecule has 0 unspecified atom stereocenters. The first-order chi connectivity index (χ1) is 25.8. The number of fused-ring (bicyclic) bond motifs is 3. The van der Waals surface area contributed by atoms with Crippen LogP contribution in [0.3, 0.4) is 0 Å². The number of hydrogen-bond acceptors (Lipinski definition) is 8. The third kappa shape index (κ3) is 7.84. The molecule has 7 rings (SSSR count). The average Bonchev–Trinajstić information content (AvgIpc) is 3.92. The van der Waals surface area contributed by atoms with Crippen LogP contribution in [0.4, 0.5) is 14.9 Å². The Labute approximate surface area is 313 Å². The number of benzene rings is 3. The highest BCUT2D eigenvalue weighted by Crippen LogP contribution is 2.44. The van der Waals surface area contributed by atoms with Crippen molar-refractivity contribution in [2.24, 2.45) is 5.92 Å². The van der Waals surface area contributed by atoms with E-state index in [-0.39, 0.29) is 41.3 Å². The average molecular weight is 735 g/mol. The van der Waals surface area contributed by atoms with Crippen molar-refractivity contribution >= 4 is 45.3 Å². The fourth-order valence-corrected chi connectivity index (χ4v) is 8.78. The van der Waals surface area contributed by atoms with Crippen LogP contribution in [-0.2, 0) is 19.1 Å². The maximum absolute atomic E-state index is 14.2. The Morgan fingerprint density at radius 1 is 0.849 bits per heavy atom. The number of nitrogens with zero attached hydrogens (tertiary/aromatic N) is 2. The van der Waals surface area contributed by atoms with Crippen LogP contribution in [0.15, 0.2) is 78.9 Å². The van der Waals surface area contributed by atoms with E-state index < -0.39 is 24.2 Å². The minimum atomic E-state index is -0.712. The lowest BCUT2D eigenvalue weighted by Gasteiger charge is -2.35. The standard InChI is InChI=1S/C41H46N6O5S/c1-25(42-2)36(48)43-35(27-16-7-4-8-17-27)39(50)47-23-13-22-33(47)37(49)45-38-34(26-14-5-3-6-15-26)44-40(53-38)46-41(51)52-24-32-30-20-11-9-18-28(30)29-19-10-12-21-31(29)32/h3,5-6,9-12,14-15,18-21,25,27,32-33,35,42H,4,7-8,13,16-17,22-24H2,1-2H3,(H,43,48)(H,45,49)(H,44,46,51)/t25-,33-,35-/m0/s1. The van der Waals surface area contributed by atoms with E-state index in [1.54, 1.807) is 18.9 Å². The van der Waals surface area contributed by atoms with Crippen molar-refractivity contribution in [1.82, 2.24) is 20.5 Å². The number of hydrogen-bond donors (Lipinski definition) is 4. The first kappa shape index (κ1) is 36.3. The number of likely N-dealkylation sites (tertiary alicyclic amines) is 1. The Kier molecular flexibility index (Phi) is 11.2. The van der Waals surface area contributed by atoms with Crippen molar-refractivity contribution in [3.63, 3.8) is 0 Å². The zero-order valence-corrected chi connectivity index (χ0v) is 30.9. The molecule has 1 saturated heterocycles. The molecule has 2 heterocycles. The highest BCUT2D eigenvalue weighted by Gasteiger charge is 2.41. The SMILES string of the molecule is CN[C@@H](C)C(=O)N[C@H](C(=O)N1CCC[C@H]1C(=O)Nc1sc(NC(=O)OCC2c3ccccc3-c3ccccc32)nc1-c1ccccc1)C1CCCCC1. The van der Waals surface area contributed by atoms with Crippen molar-refractivity contribution in [2.75, 3.05) is 30.8 Å². The second-order valence-electron chi connectivity index (χ2n) is 14.1. The van der Waals surface area contributed by atoms with E-state index in [1.807, 2.05) is 54.6 Å². The summed E-state index contributed by atoms with van der Waals surface area (Å²) >= 11 is 1.14. The zero-order valence-electron chi connectivity index (χ0n) is 30.1. The van der Waals surface area contributed by atoms with Crippen LogP contribution < -0.4 is 21.3 Å². The third-order valence-corrected chi connectivity index (χ3v) is 11.7. The van der Waals surface area contributed by atoms with Crippen LogP contribution in [0, 0.1) is 5.92 Å². The van der Waals surface area contributed by atoms with Gasteiger partial charge in [-0.3, -0.25) is 19.7 Å². The highest BCUT2D eigenvalue weighted by atomic mass is 32.1. The van der Waals surface area contributed by atoms with Gasteiger partial charge in [-0.1, -0.05) is 109 Å². The lowest BCUT2D eigenvalue weighted by atomic mass is 9.83. The van der Waals surface area contributed by atoms with Crippen LogP contribution in [0.2, 0.25) is 0 Å². The van der Waals surface area contributed by atoms with E-state index in [1.165, 1.54) is 0 Å². The maximum Gasteiger partial charge on any atom is 0.413 e. The molecule has 0 radical (unpaired) electrons. The van der Waals surface area contributed by atoms with Gasteiger partial charge in [0, 0.05) is 18.0 Å². The molecule has 3 aromatic carbocycles. The third-order valence-electron chi connectivity index (χ3n) is 10.8. The molecule has 4 amide bonds. The molecule has 12 heteroatoms. The number of ether oxygens (including phenoxy) is 1. The molecular formula is C41H46N6O5S. The second-order valence-corrected chi connectivity index (χ2v) is 15.1. The van der Waals surface area contributed by atoms with Gasteiger partial charge >= 0.3 is 6.09 Å². The summed E-state index contributed by atoms with van der Waals surface area (Å²) in [6, 6.07) is 23.9. The van der Waals surface area contributed by atoms with Gasteiger partial charge in [-0.15, -0.1) is 0 Å². The molecule has 276 valence electrons. The molecular weight excluding hydrogens is 689 g/mol. The molecule has 3 aliphatic rings. The fourth-order valence-electron chi connectivity index (χ4n) is 7.91. The first-order valence-corrected chi connectivity index (χ1v) is 19.4. The summed E-state index contributed by atoms with van der Waals surface area (Å²) in [4.78, 5) is 60.8. The summed E-state index contributed by atoms with van der Waals surface area (Å²) in [6.07, 6.45) is 5.38. The zero-order chi connectivity index (χ0) is 36.9. The number of anilines is 2. The summed E-state index contributed by atoms with van der Waals surface area (Å²) in [7, 11) is 1.71. The smallest absolute Gasteiger partial charge is 0.413 e. The quantitative estimate of drug-likeness (QED) is 0.133. The maximum atomic E-state index is 14.2. The molecule has 3 atom stereocenters. The lowest BCUT2D eigenvalue weighted by molar-refractivity contribution is -0.142. The molecule has 11 nitrogen and oxygen atoms in total. The van der Waals surface area contributed by atoms with Crippen LogP contribution in [-0.4, -0.2) is 72.0 Å². The Hall–Kier alpha value is -5.07. The van der Waals surface area contributed by atoms with Crippen molar-refractivity contribution in [2.45, 2.75) is 75.9 Å². The van der Waals surface area contributed by atoms with Crippen LogP contribution in [0.5, 0.6) is 0 Å². The monoisotopic (exact) mass is 734 g/mol. The number of amides is 4. The second kappa shape index (κ2) is 16.3. The molecule has 1 aromatic heterocycles. The summed E-state index contributed by atoms with van der Waals surface area (Å²) in [6.45, 7) is 2.35. The molecule has 0 spiro atoms. The molecule has 1 saturated carbocycles. The molecule has 2 fully saturated rings. The van der Waals surface area contributed by atoms with Crippen molar-refractivity contribution in [3.8, 4) is 22.4 Å². The van der Waals surface area contributed by atoms with Gasteiger partial charge in [-0.2, -0.15) is 0 Å². The van der Waals surface area contributed by atoms with Gasteiger partial charge in [0.15, 0.2) is 5.13 Å². The van der Waals surface area contributed by atoms with E-state index in [2.05, 4.69) is 45.5 Å². The van der Waals surface area contributed by atoms with Crippen molar-refractivity contribution in [1.29, 1.82) is 0 Å². The number of rotatable bonds is 11. The molecule has 2 aliphatic carbocycles. The van der Waals surface area contributed by atoms with Gasteiger partial charge in [0.25, 0.3) is 0 Å². The summed E-state index contributed by atoms with van der Waals surface area (Å²) < 4.78 is 5.77. The van der Waals surface area contributed by atoms with Gasteiger partial charge < -0.3 is 25.6 Å². The van der Waals surface area contributed by atoms with E-state index >= 15 is 0 Å². The predicted octanol–water partition coefficient (Wildman–Crippen LogP) is 6.77. The van der Waals surface area contributed by atoms with Crippen molar-refractivity contribution in [3.05, 3.63) is 90.0 Å². The molecule has 1 aliphatic heterocycles. The Balaban J connectivity index is 1.06. The highest BCUT2D eigenvalue weighted by molar-refractivity contribution is 7.20. The summed E-state index contributed by atoms with van der Waals surface area (Å²) in [5.74, 6) is -0.844. The van der Waals surface area contributed by atoms with E-state index in [0.717, 1.165) is 71.3 Å². The molecule has 4 aromatic rings. The van der Waals surface area contributed by atoms with Gasteiger partial charge in [0.2, 0.25) is 17.7 Å². The van der Waals surface area contributed by atoms with Crippen LogP contribution >= 0.6 is 11.3 Å². The minimum absolute atomic E-state index is 0.0197. The number of likely N-dealkylation sites (N-methyl/N-ethyl adjacent to an activating group) is 1. The number of nitrogens with one attached hydrogen (secondary N) is 4. The van der Waals surface area contributed by atoms with Gasteiger partial charge in [-0.25, -0.2) is 9.78 Å². The van der Waals surface area contributed by atoms with Crippen LogP contribution in [0.1, 0.15) is 68.9 Å². The Morgan fingerprint density at radius 3 is 2.19 bits per heavy atom. The molecule has 53 heavy (non-hydrogen) atoms. The summed E-state index contributed by atoms with van der Waals surface area (Å²) in [5, 5.41) is 12.5. The number of thiazole rings is 1. The summed E-state index contributed by atoms with van der Waals surface area (Å²) in [5.41, 5.74) is 5.79. The largest absolute Gasteiger partial charge is 0.448 e. The predicted molar refractivity (Wildman–Crippen MR) is 207 cm³/mol. The number of carbonyl (C=O) groups is 4. The van der Waals surface area contributed by atoms with E-state index in [9.17, 15) is 19.2 Å². The van der Waals surface area contributed by atoms with E-state index in [4.69, 9.17) is 9.72 Å². The molecule has 0 bridgehead atoms. The normalized spacial score (nSPS) is 18.1. The fraction of sp³-hybridized carbons (Fsp3) is 0.390. The number of carbonyl (C=O) groups excluding carboxylic acids is 4. The van der Waals surface area contributed by atoms with Crippen molar-refractivity contribution < 1.29 is 23.9 Å². The minimum Gasteiger partial charge on any atom is -0.448 e. The van der Waals surface area contributed by atoms with E-state index in [0.29, 0.717) is 30.1 Å². The Bertz CT molecular complexity index is 1920. The van der Waals surface area contributed by atoms with Gasteiger partial charge in [-0.05, 0) is 67.8 Å². The lowest BCUT2D eigenvalue weighted by Crippen LogP contribution is -2.57.